The molecular weight excluding hydrogens is 475 g/mol. The van der Waals surface area contributed by atoms with Crippen LogP contribution in [0.3, 0.4) is 0 Å². The highest BCUT2D eigenvalue weighted by Crippen LogP contribution is 2.27. The number of carbonyl (C=O) groups is 1. The van der Waals surface area contributed by atoms with E-state index in [4.69, 9.17) is 0 Å². The minimum Gasteiger partial charge on any atom is -0.302 e. The van der Waals surface area contributed by atoms with E-state index in [1.807, 2.05) is 0 Å². The number of halogens is 3. The van der Waals surface area contributed by atoms with Crippen LogP contribution in [0.25, 0.3) is 0 Å². The van der Waals surface area contributed by atoms with Gasteiger partial charge in [0.2, 0.25) is 15.9 Å². The van der Waals surface area contributed by atoms with Crippen molar-refractivity contribution in [1.29, 1.82) is 0 Å². The molecule has 174 valence electrons. The van der Waals surface area contributed by atoms with Crippen molar-refractivity contribution >= 4 is 32.4 Å². The van der Waals surface area contributed by atoms with Crippen molar-refractivity contribution in [3.05, 3.63) is 76.6 Å². The molecule has 1 amide bonds. The Morgan fingerprint density at radius 2 is 1.76 bits per heavy atom. The van der Waals surface area contributed by atoms with Crippen LogP contribution >= 0.6 is 11.3 Å². The van der Waals surface area contributed by atoms with Gasteiger partial charge in [-0.15, -0.1) is 11.3 Å². The minimum atomic E-state index is -3.98. The van der Waals surface area contributed by atoms with Gasteiger partial charge in [0.05, 0.1) is 4.90 Å². The van der Waals surface area contributed by atoms with Gasteiger partial charge in [-0.1, -0.05) is 12.1 Å². The number of benzene rings is 2. The van der Waals surface area contributed by atoms with Gasteiger partial charge in [-0.3, -0.25) is 4.79 Å². The second-order valence-corrected chi connectivity index (χ2v) is 10.7. The maximum atomic E-state index is 13.5. The lowest BCUT2D eigenvalue weighted by atomic mass is 9.97. The second kappa shape index (κ2) is 9.62. The molecule has 6 nitrogen and oxygen atoms in total. The minimum absolute atomic E-state index is 0.0904. The van der Waals surface area contributed by atoms with Crippen LogP contribution in [0.2, 0.25) is 0 Å². The molecule has 33 heavy (non-hydrogen) atoms. The zero-order chi connectivity index (χ0) is 23.6. The van der Waals surface area contributed by atoms with Crippen molar-refractivity contribution in [2.75, 3.05) is 18.4 Å². The molecule has 0 spiro atoms. The average Bonchev–Trinajstić information content (AvgIpc) is 3.23. The number of thiazole rings is 1. The van der Waals surface area contributed by atoms with E-state index in [1.165, 1.54) is 27.8 Å². The third-order valence-electron chi connectivity index (χ3n) is 5.43. The van der Waals surface area contributed by atoms with Gasteiger partial charge in [-0.2, -0.15) is 4.31 Å². The van der Waals surface area contributed by atoms with E-state index >= 15 is 0 Å². The van der Waals surface area contributed by atoms with Crippen LogP contribution in [0, 0.1) is 23.4 Å². The summed E-state index contributed by atoms with van der Waals surface area (Å²) < 4.78 is 66.2. The number of aromatic nitrogens is 1. The first kappa shape index (κ1) is 23.4. The van der Waals surface area contributed by atoms with Crippen LogP contribution < -0.4 is 5.32 Å². The Hall–Kier alpha value is -2.76. The monoisotopic (exact) mass is 495 g/mol. The lowest BCUT2D eigenvalue weighted by Gasteiger charge is -2.30. The van der Waals surface area contributed by atoms with Gasteiger partial charge in [0, 0.05) is 36.5 Å². The summed E-state index contributed by atoms with van der Waals surface area (Å²) in [6, 6.07) is 8.62. The Bertz CT molecular complexity index is 1260. The van der Waals surface area contributed by atoms with Gasteiger partial charge >= 0.3 is 0 Å². The lowest BCUT2D eigenvalue weighted by Crippen LogP contribution is -2.41. The van der Waals surface area contributed by atoms with E-state index in [0.29, 0.717) is 30.5 Å². The van der Waals surface area contributed by atoms with E-state index in [-0.39, 0.29) is 29.7 Å². The highest BCUT2D eigenvalue weighted by atomic mass is 32.2. The number of piperidine rings is 1. The summed E-state index contributed by atoms with van der Waals surface area (Å²) in [6.07, 6.45) is 2.81. The molecule has 0 radical (unpaired) electrons. The maximum Gasteiger partial charge on any atom is 0.243 e. The van der Waals surface area contributed by atoms with Gasteiger partial charge in [0.1, 0.15) is 5.82 Å². The number of hydrogen-bond donors (Lipinski definition) is 1. The molecule has 0 aliphatic carbocycles. The first-order valence-corrected chi connectivity index (χ1v) is 12.4. The number of rotatable bonds is 6. The molecule has 11 heteroatoms. The molecule has 2 aromatic carbocycles. The van der Waals surface area contributed by atoms with Crippen LogP contribution in [0.15, 0.2) is 53.6 Å². The summed E-state index contributed by atoms with van der Waals surface area (Å²) in [4.78, 5) is 17.4. The molecule has 0 bridgehead atoms. The van der Waals surface area contributed by atoms with Crippen LogP contribution in [0.1, 0.15) is 23.3 Å². The van der Waals surface area contributed by atoms with Crippen LogP contribution in [0.5, 0.6) is 0 Å². The molecule has 1 aliphatic rings. The van der Waals surface area contributed by atoms with E-state index in [9.17, 15) is 26.4 Å². The maximum absolute atomic E-state index is 13.5. The smallest absolute Gasteiger partial charge is 0.243 e. The Morgan fingerprint density at radius 1 is 1.06 bits per heavy atom. The third kappa shape index (κ3) is 5.43. The number of anilines is 1. The van der Waals surface area contributed by atoms with Crippen molar-refractivity contribution in [3.63, 3.8) is 0 Å². The summed E-state index contributed by atoms with van der Waals surface area (Å²) in [5.41, 5.74) is 0.924. The Morgan fingerprint density at radius 3 is 2.42 bits per heavy atom. The van der Waals surface area contributed by atoms with Crippen molar-refractivity contribution in [2.45, 2.75) is 24.2 Å². The summed E-state index contributed by atoms with van der Waals surface area (Å²) in [6.45, 7) is 0.181. The summed E-state index contributed by atoms with van der Waals surface area (Å²) >= 11 is 1.32. The van der Waals surface area contributed by atoms with E-state index in [0.717, 1.165) is 22.6 Å². The topological polar surface area (TPSA) is 79.4 Å². The van der Waals surface area contributed by atoms with E-state index in [2.05, 4.69) is 10.3 Å². The highest BCUT2D eigenvalue weighted by Gasteiger charge is 2.32. The summed E-state index contributed by atoms with van der Waals surface area (Å²) in [5, 5.41) is 3.21. The molecule has 3 aromatic rings. The number of sulfonamides is 1. The van der Waals surface area contributed by atoms with Gasteiger partial charge in [0.15, 0.2) is 16.8 Å². The normalized spacial score (nSPS) is 15.5. The van der Waals surface area contributed by atoms with Gasteiger partial charge in [-0.05, 0) is 48.7 Å². The molecule has 0 saturated carbocycles. The van der Waals surface area contributed by atoms with Crippen LogP contribution in [-0.4, -0.2) is 36.7 Å². The Kier molecular flexibility index (Phi) is 6.82. The fourth-order valence-electron chi connectivity index (χ4n) is 3.60. The zero-order valence-electron chi connectivity index (χ0n) is 17.3. The molecular formula is C22H20F3N3O3S2. The molecule has 1 saturated heterocycles. The quantitative estimate of drug-likeness (QED) is 0.556. The summed E-state index contributed by atoms with van der Waals surface area (Å²) in [7, 11) is -3.98. The molecule has 0 unspecified atom stereocenters. The molecule has 4 rings (SSSR count). The summed E-state index contributed by atoms with van der Waals surface area (Å²) in [5.74, 6) is -3.30. The number of nitrogens with zero attached hydrogens (tertiary/aromatic N) is 2. The fourth-order valence-corrected chi connectivity index (χ4v) is 5.93. The van der Waals surface area contributed by atoms with Crippen molar-refractivity contribution in [2.24, 2.45) is 5.92 Å². The zero-order valence-corrected chi connectivity index (χ0v) is 18.9. The molecule has 1 N–H and O–H groups in total. The van der Waals surface area contributed by atoms with Crippen LogP contribution in [-0.2, 0) is 21.2 Å². The lowest BCUT2D eigenvalue weighted by molar-refractivity contribution is -0.120. The first-order chi connectivity index (χ1) is 15.7. The second-order valence-electron chi connectivity index (χ2n) is 7.68. The number of hydrogen-bond acceptors (Lipinski definition) is 5. The van der Waals surface area contributed by atoms with Gasteiger partial charge in [0.25, 0.3) is 0 Å². The van der Waals surface area contributed by atoms with Gasteiger partial charge in [-0.25, -0.2) is 26.6 Å². The number of nitrogens with one attached hydrogen (secondary N) is 1. The third-order valence-corrected chi connectivity index (χ3v) is 8.24. The van der Waals surface area contributed by atoms with Crippen molar-refractivity contribution in [1.82, 2.24) is 9.29 Å². The van der Waals surface area contributed by atoms with E-state index in [1.54, 1.807) is 18.3 Å². The van der Waals surface area contributed by atoms with Crippen LogP contribution in [0.4, 0.5) is 18.3 Å². The SMILES string of the molecule is O=C(Nc1ncc(Cc2ccc(F)cc2)s1)C1CCN(S(=O)(=O)c2ccc(F)c(F)c2)CC1. The van der Waals surface area contributed by atoms with Gasteiger partial charge < -0.3 is 5.32 Å². The predicted octanol–water partition coefficient (Wildman–Crippen LogP) is 4.19. The first-order valence-electron chi connectivity index (χ1n) is 10.2. The molecule has 2 heterocycles. The molecule has 1 aromatic heterocycles. The molecule has 1 fully saturated rings. The van der Waals surface area contributed by atoms with Crippen molar-refractivity contribution in [3.8, 4) is 0 Å². The average molecular weight is 496 g/mol. The molecule has 0 atom stereocenters. The Labute approximate surface area is 193 Å². The Balaban J connectivity index is 1.32. The highest BCUT2D eigenvalue weighted by molar-refractivity contribution is 7.89. The molecule has 1 aliphatic heterocycles. The standard InChI is InChI=1S/C22H20F3N3O3S2/c23-16-3-1-14(2-4-16)11-17-13-26-22(32-17)27-21(29)15-7-9-28(10-8-15)33(30,31)18-5-6-19(24)20(25)12-18/h1-6,12-13,15H,7-11H2,(H,26,27,29). The predicted molar refractivity (Wildman–Crippen MR) is 118 cm³/mol. The number of carbonyl (C=O) groups excluding carboxylic acids is 1. The fraction of sp³-hybridized carbons (Fsp3) is 0.273. The largest absolute Gasteiger partial charge is 0.302 e. The van der Waals surface area contributed by atoms with Crippen molar-refractivity contribution < 1.29 is 26.4 Å². The number of amides is 1. The van der Waals surface area contributed by atoms with E-state index < -0.39 is 27.6 Å².